The number of hydrogen-bond acceptors (Lipinski definition) is 4. The van der Waals surface area contributed by atoms with Crippen molar-refractivity contribution in [3.8, 4) is 0 Å². The first-order valence-corrected chi connectivity index (χ1v) is 7.79. The molecule has 1 N–H and O–H groups in total. The lowest BCUT2D eigenvalue weighted by Crippen LogP contribution is -2.42. The molecule has 1 amide bonds. The number of hydrogen-bond donors (Lipinski definition) is 1. The minimum Gasteiger partial charge on any atom is -0.359 e. The maximum Gasteiger partial charge on any atom is 0.258 e. The molecule has 0 aliphatic carbocycles. The fourth-order valence-electron chi connectivity index (χ4n) is 2.92. The minimum atomic E-state index is -0.311. The van der Waals surface area contributed by atoms with Gasteiger partial charge in [-0.15, -0.1) is 0 Å². The van der Waals surface area contributed by atoms with Crippen LogP contribution < -0.4 is 5.32 Å². The lowest BCUT2D eigenvalue weighted by molar-refractivity contribution is 0.0662. The Balaban J connectivity index is 1.76. The molecule has 0 saturated carbocycles. The third kappa shape index (κ3) is 2.60. The van der Waals surface area contributed by atoms with Crippen LogP contribution in [-0.2, 0) is 6.54 Å². The summed E-state index contributed by atoms with van der Waals surface area (Å²) in [6, 6.07) is 17.1. The van der Waals surface area contributed by atoms with Crippen molar-refractivity contribution in [2.24, 2.45) is 0 Å². The van der Waals surface area contributed by atoms with Crippen molar-refractivity contribution < 1.29 is 4.79 Å². The van der Waals surface area contributed by atoms with Gasteiger partial charge < -0.3 is 10.2 Å². The number of benzene rings is 1. The van der Waals surface area contributed by atoms with Gasteiger partial charge in [0.25, 0.3) is 5.91 Å². The molecule has 0 unspecified atom stereocenters. The molecule has 2 aromatic heterocycles. The van der Waals surface area contributed by atoms with E-state index in [2.05, 4.69) is 15.3 Å². The number of pyridine rings is 2. The summed E-state index contributed by atoms with van der Waals surface area (Å²) < 4.78 is 0. The van der Waals surface area contributed by atoms with E-state index in [0.29, 0.717) is 12.1 Å². The molecular weight excluding hydrogens is 300 g/mol. The highest BCUT2D eigenvalue weighted by Crippen LogP contribution is 2.33. The number of para-hydroxylation sites is 1. The van der Waals surface area contributed by atoms with Gasteiger partial charge in [-0.3, -0.25) is 14.8 Å². The summed E-state index contributed by atoms with van der Waals surface area (Å²) in [5.41, 5.74) is 3.30. The van der Waals surface area contributed by atoms with Gasteiger partial charge >= 0.3 is 0 Å². The lowest BCUT2D eigenvalue weighted by atomic mass is 10.1. The van der Waals surface area contributed by atoms with E-state index >= 15 is 0 Å². The van der Waals surface area contributed by atoms with Crippen molar-refractivity contribution in [3.05, 3.63) is 90.0 Å². The molecule has 4 rings (SSSR count). The van der Waals surface area contributed by atoms with Crippen molar-refractivity contribution in [3.63, 3.8) is 0 Å². The van der Waals surface area contributed by atoms with Crippen LogP contribution in [-0.4, -0.2) is 20.8 Å². The highest BCUT2D eigenvalue weighted by molar-refractivity contribution is 6.01. The van der Waals surface area contributed by atoms with Gasteiger partial charge in [-0.1, -0.05) is 24.3 Å². The average molecular weight is 316 g/mol. The maximum atomic E-state index is 13.0. The van der Waals surface area contributed by atoms with E-state index in [4.69, 9.17) is 0 Å². The van der Waals surface area contributed by atoms with E-state index in [-0.39, 0.29) is 12.1 Å². The molecule has 1 aromatic carbocycles. The summed E-state index contributed by atoms with van der Waals surface area (Å²) in [7, 11) is 0. The number of carbonyl (C=O) groups is 1. The molecule has 1 aliphatic rings. The Kier molecular flexibility index (Phi) is 3.67. The Labute approximate surface area is 140 Å². The summed E-state index contributed by atoms with van der Waals surface area (Å²) in [6.07, 6.45) is 4.94. The SMILES string of the molecule is O=C1c2ccccc2N[C@@H](c2ccccn2)N1Cc1cccnc1. The molecule has 0 bridgehead atoms. The van der Waals surface area contributed by atoms with Gasteiger partial charge in [0.1, 0.15) is 6.17 Å². The first kappa shape index (κ1) is 14.4. The first-order valence-electron chi connectivity index (χ1n) is 7.79. The number of rotatable bonds is 3. The Morgan fingerprint density at radius 1 is 1.00 bits per heavy atom. The number of carbonyl (C=O) groups excluding carboxylic acids is 1. The molecule has 118 valence electrons. The van der Waals surface area contributed by atoms with Crippen LogP contribution in [0, 0.1) is 0 Å². The quantitative estimate of drug-likeness (QED) is 0.806. The molecule has 0 radical (unpaired) electrons. The minimum absolute atomic E-state index is 0.0103. The second-order valence-electron chi connectivity index (χ2n) is 5.64. The van der Waals surface area contributed by atoms with Crippen LogP contribution in [0.1, 0.15) is 27.8 Å². The van der Waals surface area contributed by atoms with Crippen LogP contribution in [0.5, 0.6) is 0 Å². The van der Waals surface area contributed by atoms with Crippen LogP contribution in [0.2, 0.25) is 0 Å². The molecule has 0 spiro atoms. The smallest absolute Gasteiger partial charge is 0.258 e. The van der Waals surface area contributed by atoms with E-state index in [1.807, 2.05) is 54.6 Å². The molecule has 0 fully saturated rings. The van der Waals surface area contributed by atoms with Crippen molar-refractivity contribution >= 4 is 11.6 Å². The second kappa shape index (κ2) is 6.12. The number of nitrogens with zero attached hydrogens (tertiary/aromatic N) is 3. The molecule has 0 saturated heterocycles. The van der Waals surface area contributed by atoms with E-state index in [1.165, 1.54) is 0 Å². The zero-order valence-corrected chi connectivity index (χ0v) is 13.0. The van der Waals surface area contributed by atoms with E-state index in [1.54, 1.807) is 23.5 Å². The van der Waals surface area contributed by atoms with E-state index in [0.717, 1.165) is 16.9 Å². The van der Waals surface area contributed by atoms with Gasteiger partial charge in [-0.05, 0) is 35.9 Å². The van der Waals surface area contributed by atoms with Gasteiger partial charge in [-0.2, -0.15) is 0 Å². The zero-order chi connectivity index (χ0) is 16.4. The summed E-state index contributed by atoms with van der Waals surface area (Å²) >= 11 is 0. The molecular formula is C19H16N4O. The lowest BCUT2D eigenvalue weighted by Gasteiger charge is -2.37. The molecule has 1 atom stereocenters. The van der Waals surface area contributed by atoms with Crippen LogP contribution >= 0.6 is 0 Å². The average Bonchev–Trinajstić information content (AvgIpc) is 2.65. The monoisotopic (exact) mass is 316 g/mol. The second-order valence-corrected chi connectivity index (χ2v) is 5.64. The van der Waals surface area contributed by atoms with Gasteiger partial charge in [0.05, 0.1) is 11.3 Å². The largest absolute Gasteiger partial charge is 0.359 e. The van der Waals surface area contributed by atoms with Crippen molar-refractivity contribution in [1.29, 1.82) is 0 Å². The maximum absolute atomic E-state index is 13.0. The van der Waals surface area contributed by atoms with Crippen molar-refractivity contribution in [2.45, 2.75) is 12.7 Å². The van der Waals surface area contributed by atoms with Gasteiger partial charge in [0, 0.05) is 30.8 Å². The summed E-state index contributed by atoms with van der Waals surface area (Å²) in [5.74, 6) is -0.0103. The van der Waals surface area contributed by atoms with Gasteiger partial charge in [0.15, 0.2) is 0 Å². The number of nitrogens with one attached hydrogen (secondary N) is 1. The van der Waals surface area contributed by atoms with E-state index in [9.17, 15) is 4.79 Å². The number of amides is 1. The summed E-state index contributed by atoms with van der Waals surface area (Å²) in [6.45, 7) is 0.468. The topological polar surface area (TPSA) is 58.1 Å². The third-order valence-electron chi connectivity index (χ3n) is 4.07. The standard InChI is InChI=1S/C19H16N4O/c24-19-15-7-1-2-8-16(15)22-18(17-9-3-4-11-21-17)23(19)13-14-6-5-10-20-12-14/h1-12,18,22H,13H2/t18-/m1/s1. The van der Waals surface area contributed by atoms with Crippen LogP contribution in [0.3, 0.4) is 0 Å². The first-order chi connectivity index (χ1) is 11.8. The molecule has 24 heavy (non-hydrogen) atoms. The van der Waals surface area contributed by atoms with Crippen LogP contribution in [0.15, 0.2) is 73.2 Å². The number of anilines is 1. The normalized spacial score (nSPS) is 16.4. The number of aromatic nitrogens is 2. The fourth-order valence-corrected chi connectivity index (χ4v) is 2.92. The molecule has 1 aliphatic heterocycles. The van der Waals surface area contributed by atoms with Gasteiger partial charge in [0.2, 0.25) is 0 Å². The summed E-state index contributed by atoms with van der Waals surface area (Å²) in [5, 5.41) is 3.44. The number of fused-ring (bicyclic) bond motifs is 1. The van der Waals surface area contributed by atoms with Gasteiger partial charge in [-0.25, -0.2) is 0 Å². The molecule has 3 heterocycles. The Bertz CT molecular complexity index is 852. The summed E-state index contributed by atoms with van der Waals surface area (Å²) in [4.78, 5) is 23.4. The van der Waals surface area contributed by atoms with Crippen molar-refractivity contribution in [1.82, 2.24) is 14.9 Å². The van der Waals surface area contributed by atoms with E-state index < -0.39 is 0 Å². The molecule has 5 nitrogen and oxygen atoms in total. The van der Waals surface area contributed by atoms with Crippen LogP contribution in [0.4, 0.5) is 5.69 Å². The Morgan fingerprint density at radius 3 is 2.67 bits per heavy atom. The predicted molar refractivity (Wildman–Crippen MR) is 91.2 cm³/mol. The fraction of sp³-hybridized carbons (Fsp3) is 0.105. The van der Waals surface area contributed by atoms with Crippen LogP contribution in [0.25, 0.3) is 0 Å². The molecule has 5 heteroatoms. The molecule has 3 aromatic rings. The third-order valence-corrected chi connectivity index (χ3v) is 4.07. The van der Waals surface area contributed by atoms with Crippen molar-refractivity contribution in [2.75, 3.05) is 5.32 Å². The predicted octanol–water partition coefficient (Wildman–Crippen LogP) is 3.24. The highest BCUT2D eigenvalue weighted by Gasteiger charge is 2.33. The Morgan fingerprint density at radius 2 is 1.88 bits per heavy atom. The highest BCUT2D eigenvalue weighted by atomic mass is 16.2. The zero-order valence-electron chi connectivity index (χ0n) is 13.0. The Hall–Kier alpha value is -3.21.